The summed E-state index contributed by atoms with van der Waals surface area (Å²) < 4.78 is 6.87. The number of carbonyl (C=O) groups excluding carboxylic acids is 3. The van der Waals surface area contributed by atoms with E-state index in [-0.39, 0.29) is 36.3 Å². The molecule has 206 valence electrons. The summed E-state index contributed by atoms with van der Waals surface area (Å²) in [4.78, 5) is 48.1. The van der Waals surface area contributed by atoms with Crippen LogP contribution in [0, 0.1) is 17.8 Å². The molecule has 37 heavy (non-hydrogen) atoms. The van der Waals surface area contributed by atoms with Gasteiger partial charge in [0.15, 0.2) is 0 Å². The van der Waals surface area contributed by atoms with Gasteiger partial charge in [0.25, 0.3) is 0 Å². The Labute approximate surface area is 221 Å². The maximum atomic E-state index is 14.4. The van der Waals surface area contributed by atoms with Crippen LogP contribution < -0.4 is 0 Å². The molecule has 7 atom stereocenters. The van der Waals surface area contributed by atoms with Gasteiger partial charge in [0.1, 0.15) is 11.6 Å². The van der Waals surface area contributed by atoms with Crippen molar-refractivity contribution in [3.05, 3.63) is 24.3 Å². The number of aliphatic hydroxyl groups is 1. The van der Waals surface area contributed by atoms with E-state index in [1.165, 1.54) is 0 Å². The summed E-state index contributed by atoms with van der Waals surface area (Å²) in [5, 5.41) is 10.4. The summed E-state index contributed by atoms with van der Waals surface area (Å²) in [5.74, 6) is -1.89. The van der Waals surface area contributed by atoms with Crippen LogP contribution in [0.3, 0.4) is 0 Å². The first-order valence-corrected chi connectivity index (χ1v) is 14.1. The smallest absolute Gasteiger partial charge is 0.249 e. The zero-order valence-corrected chi connectivity index (χ0v) is 23.4. The molecule has 0 aromatic rings. The predicted molar refractivity (Wildman–Crippen MR) is 141 cm³/mol. The second-order valence-electron chi connectivity index (χ2n) is 11.9. The number of aliphatic hydroxyl groups excluding tert-OH is 1. The molecule has 4 aliphatic heterocycles. The quantitative estimate of drug-likeness (QED) is 0.477. The topological polar surface area (TPSA) is 90.4 Å². The van der Waals surface area contributed by atoms with Crippen LogP contribution in [0.5, 0.6) is 0 Å². The zero-order valence-electron chi connectivity index (χ0n) is 23.4. The van der Waals surface area contributed by atoms with E-state index in [1.54, 1.807) is 9.80 Å². The van der Waals surface area contributed by atoms with Gasteiger partial charge < -0.3 is 24.5 Å². The molecule has 0 aliphatic carbocycles. The molecule has 0 aromatic heterocycles. The van der Waals surface area contributed by atoms with E-state index in [0.717, 1.165) is 19.3 Å². The van der Waals surface area contributed by atoms with Crippen LogP contribution in [0.2, 0.25) is 0 Å². The Kier molecular flexibility index (Phi) is 7.92. The third-order valence-corrected chi connectivity index (χ3v) is 8.69. The highest BCUT2D eigenvalue weighted by atomic mass is 16.5. The molecule has 0 aromatic carbocycles. The van der Waals surface area contributed by atoms with Gasteiger partial charge in [-0.2, -0.15) is 0 Å². The van der Waals surface area contributed by atoms with Crippen LogP contribution in [0.1, 0.15) is 67.2 Å². The minimum atomic E-state index is -1.27. The van der Waals surface area contributed by atoms with Crippen molar-refractivity contribution in [1.82, 2.24) is 14.7 Å². The summed E-state index contributed by atoms with van der Waals surface area (Å²) in [6.07, 6.45) is 10.9. The van der Waals surface area contributed by atoms with Gasteiger partial charge in [0.2, 0.25) is 17.7 Å². The minimum Gasteiger partial charge on any atom is -0.394 e. The minimum absolute atomic E-state index is 0.00461. The highest BCUT2D eigenvalue weighted by molar-refractivity contribution is 6.00. The highest BCUT2D eigenvalue weighted by Gasteiger charge is 2.75. The predicted octanol–water partition coefficient (Wildman–Crippen LogP) is 2.76. The number of carbonyl (C=O) groups is 3. The van der Waals surface area contributed by atoms with Gasteiger partial charge in [-0.1, -0.05) is 58.4 Å². The van der Waals surface area contributed by atoms with Crippen molar-refractivity contribution in [1.29, 1.82) is 0 Å². The lowest BCUT2D eigenvalue weighted by molar-refractivity contribution is -0.157. The summed E-state index contributed by atoms with van der Waals surface area (Å²) in [5.41, 5.74) is -2.28. The lowest BCUT2D eigenvalue weighted by Gasteiger charge is -2.41. The maximum absolute atomic E-state index is 14.4. The summed E-state index contributed by atoms with van der Waals surface area (Å²) >= 11 is 0. The molecule has 1 spiro atoms. The van der Waals surface area contributed by atoms with Gasteiger partial charge in [-0.3, -0.25) is 14.4 Å². The van der Waals surface area contributed by atoms with Crippen LogP contribution >= 0.6 is 0 Å². The van der Waals surface area contributed by atoms with Crippen molar-refractivity contribution in [3.63, 3.8) is 0 Å². The molecule has 1 N–H and O–H groups in total. The molecule has 8 nitrogen and oxygen atoms in total. The van der Waals surface area contributed by atoms with E-state index in [9.17, 15) is 19.5 Å². The van der Waals surface area contributed by atoms with Crippen LogP contribution in [-0.4, -0.2) is 93.1 Å². The fourth-order valence-electron chi connectivity index (χ4n) is 7.18. The summed E-state index contributed by atoms with van der Waals surface area (Å²) in [6, 6.07) is -1.46. The van der Waals surface area contributed by atoms with Gasteiger partial charge >= 0.3 is 0 Å². The molecule has 4 heterocycles. The Morgan fingerprint density at radius 3 is 2.32 bits per heavy atom. The fourth-order valence-corrected chi connectivity index (χ4v) is 7.18. The Morgan fingerprint density at radius 2 is 1.70 bits per heavy atom. The van der Waals surface area contributed by atoms with Gasteiger partial charge in [0.05, 0.1) is 30.1 Å². The van der Waals surface area contributed by atoms with Gasteiger partial charge in [-0.15, -0.1) is 0 Å². The first-order valence-electron chi connectivity index (χ1n) is 14.1. The van der Waals surface area contributed by atoms with Crippen molar-refractivity contribution < 1.29 is 24.2 Å². The third-order valence-electron chi connectivity index (χ3n) is 8.69. The number of likely N-dealkylation sites (tertiary alicyclic amines) is 1. The lowest BCUT2D eigenvalue weighted by Crippen LogP contribution is -2.59. The SMILES string of the molecule is CCCC(C)N1CC=C[C@]23O[C@]4(C)C=CCN(CCC)C(=O)[C@@H]4[C@H]2C(=O)N([C@@H](CO)CC(C)C)C3C1=O. The van der Waals surface area contributed by atoms with Crippen molar-refractivity contribution >= 4 is 17.7 Å². The van der Waals surface area contributed by atoms with Gasteiger partial charge in [-0.25, -0.2) is 0 Å². The summed E-state index contributed by atoms with van der Waals surface area (Å²) in [6.45, 7) is 13.4. The largest absolute Gasteiger partial charge is 0.394 e. The van der Waals surface area contributed by atoms with E-state index in [4.69, 9.17) is 4.74 Å². The van der Waals surface area contributed by atoms with E-state index in [0.29, 0.717) is 26.1 Å². The molecule has 3 amide bonds. The fraction of sp³-hybridized carbons (Fsp3) is 0.759. The van der Waals surface area contributed by atoms with Crippen molar-refractivity contribution in [2.45, 2.75) is 96.6 Å². The molecule has 0 bridgehead atoms. The van der Waals surface area contributed by atoms with Crippen molar-refractivity contribution in [3.8, 4) is 0 Å². The maximum Gasteiger partial charge on any atom is 0.249 e. The van der Waals surface area contributed by atoms with E-state index in [2.05, 4.69) is 6.92 Å². The van der Waals surface area contributed by atoms with Crippen molar-refractivity contribution in [2.24, 2.45) is 17.8 Å². The standard InChI is InChI=1S/C29H45N3O5/c1-7-11-20(5)31-16-10-13-29-23(22-25(34)30(14-8-2)15-9-12-28(22,6)37-29)26(35)32(24(29)27(31)36)21(18-33)17-19(3)4/h9-10,12-13,19-24,33H,7-8,11,14-18H2,1-6H3/t20?,21-,22+,23+,24?,28-,29+/m1/s1. The van der Waals surface area contributed by atoms with Crippen molar-refractivity contribution in [2.75, 3.05) is 26.2 Å². The Balaban J connectivity index is 1.87. The molecule has 4 aliphatic rings. The normalized spacial score (nSPS) is 35.0. The molecule has 2 unspecified atom stereocenters. The number of hydrogen-bond acceptors (Lipinski definition) is 5. The van der Waals surface area contributed by atoms with Gasteiger partial charge in [-0.05, 0) is 39.0 Å². The van der Waals surface area contributed by atoms with Crippen LogP contribution in [0.4, 0.5) is 0 Å². The first kappa shape index (κ1) is 27.8. The monoisotopic (exact) mass is 515 g/mol. The highest BCUT2D eigenvalue weighted by Crippen LogP contribution is 2.58. The number of ether oxygens (including phenoxy) is 1. The lowest BCUT2D eigenvalue weighted by atomic mass is 9.74. The molecule has 8 heteroatoms. The molecular formula is C29H45N3O5. The molecule has 2 saturated heterocycles. The second-order valence-corrected chi connectivity index (χ2v) is 11.9. The summed E-state index contributed by atoms with van der Waals surface area (Å²) in [7, 11) is 0. The van der Waals surface area contributed by atoms with Gasteiger partial charge in [0, 0.05) is 25.7 Å². The average molecular weight is 516 g/mol. The number of fused-ring (bicyclic) bond motifs is 2. The average Bonchev–Trinajstić information content (AvgIpc) is 3.11. The molecular weight excluding hydrogens is 470 g/mol. The third kappa shape index (κ3) is 4.44. The Morgan fingerprint density at radius 1 is 1.00 bits per heavy atom. The van der Waals surface area contributed by atoms with E-state index in [1.807, 2.05) is 63.8 Å². The molecule has 4 rings (SSSR count). The van der Waals surface area contributed by atoms with E-state index < -0.39 is 35.1 Å². The number of amides is 3. The van der Waals surface area contributed by atoms with Crippen LogP contribution in [-0.2, 0) is 19.1 Å². The Hall–Kier alpha value is -2.19. The second kappa shape index (κ2) is 10.5. The molecule has 2 fully saturated rings. The Bertz CT molecular complexity index is 963. The first-order chi connectivity index (χ1) is 17.6. The number of hydrogen-bond donors (Lipinski definition) is 1. The van der Waals surface area contributed by atoms with Crippen LogP contribution in [0.15, 0.2) is 24.3 Å². The van der Waals surface area contributed by atoms with E-state index >= 15 is 0 Å². The number of nitrogens with zero attached hydrogens (tertiary/aromatic N) is 3. The molecule has 0 radical (unpaired) electrons. The number of rotatable bonds is 9. The van der Waals surface area contributed by atoms with Crippen LogP contribution in [0.25, 0.3) is 0 Å². The zero-order chi connectivity index (χ0) is 27.1. The molecule has 0 saturated carbocycles.